The van der Waals surface area contributed by atoms with Gasteiger partial charge in [-0.25, -0.2) is 5.43 Å². The zero-order valence-corrected chi connectivity index (χ0v) is 16.3. The summed E-state index contributed by atoms with van der Waals surface area (Å²) in [5, 5.41) is 14.6. The number of benzene rings is 2. The summed E-state index contributed by atoms with van der Waals surface area (Å²) in [7, 11) is 0. The summed E-state index contributed by atoms with van der Waals surface area (Å²) >= 11 is 12.4. The summed E-state index contributed by atoms with van der Waals surface area (Å²) in [4.78, 5) is 21.9. The molecule has 2 rings (SSSR count). The molecule has 0 unspecified atom stereocenters. The number of nitrogens with one attached hydrogen (secondary N) is 1. The van der Waals surface area contributed by atoms with E-state index < -0.39 is 10.8 Å². The summed E-state index contributed by atoms with van der Waals surface area (Å²) in [6, 6.07) is 9.46. The Kier molecular flexibility index (Phi) is 6.91. The van der Waals surface area contributed by atoms with E-state index in [9.17, 15) is 14.9 Å². The third-order valence-corrected chi connectivity index (χ3v) is 4.26. The standard InChI is InChI=1S/C15H10Br2ClN3O4/c16-10-2-4-14(11(17)6-10)25-8-15(22)20-19-7-9-1-3-12(18)13(5-9)21(23)24/h1-7H,8H2,(H,20,22)/b19-7+. The Bertz CT molecular complexity index is 846. The van der Waals surface area contributed by atoms with Crippen LogP contribution in [0.2, 0.25) is 5.02 Å². The Morgan fingerprint density at radius 3 is 2.76 bits per heavy atom. The number of nitro benzene ring substituents is 1. The Balaban J connectivity index is 1.90. The second kappa shape index (κ2) is 8.93. The molecule has 25 heavy (non-hydrogen) atoms. The molecule has 0 aromatic heterocycles. The van der Waals surface area contributed by atoms with E-state index in [1.807, 2.05) is 0 Å². The third kappa shape index (κ3) is 5.80. The first-order valence-corrected chi connectivity index (χ1v) is 8.67. The van der Waals surface area contributed by atoms with E-state index in [1.165, 1.54) is 18.3 Å². The summed E-state index contributed by atoms with van der Waals surface area (Å²) in [5.41, 5.74) is 2.46. The lowest BCUT2D eigenvalue weighted by atomic mass is 10.2. The van der Waals surface area contributed by atoms with Crippen LogP contribution in [0.5, 0.6) is 5.75 Å². The van der Waals surface area contributed by atoms with Crippen LogP contribution in [-0.2, 0) is 4.79 Å². The van der Waals surface area contributed by atoms with Gasteiger partial charge in [-0.15, -0.1) is 0 Å². The molecule has 0 atom stereocenters. The lowest BCUT2D eigenvalue weighted by Crippen LogP contribution is -2.24. The summed E-state index contributed by atoms with van der Waals surface area (Å²) in [6.07, 6.45) is 1.27. The van der Waals surface area contributed by atoms with E-state index in [-0.39, 0.29) is 17.3 Å². The number of rotatable bonds is 6. The highest BCUT2D eigenvalue weighted by atomic mass is 79.9. The zero-order chi connectivity index (χ0) is 18.4. The van der Waals surface area contributed by atoms with Gasteiger partial charge in [0.25, 0.3) is 11.6 Å². The molecule has 2 aromatic rings. The fourth-order valence-corrected chi connectivity index (χ4v) is 3.04. The lowest BCUT2D eigenvalue weighted by Gasteiger charge is -2.07. The van der Waals surface area contributed by atoms with Crippen LogP contribution >= 0.6 is 43.5 Å². The van der Waals surface area contributed by atoms with E-state index in [2.05, 4.69) is 42.4 Å². The molecule has 130 valence electrons. The van der Waals surface area contributed by atoms with Crippen LogP contribution in [0.15, 0.2) is 50.4 Å². The van der Waals surface area contributed by atoms with Gasteiger partial charge in [0.2, 0.25) is 0 Å². The number of hydrazone groups is 1. The van der Waals surface area contributed by atoms with E-state index >= 15 is 0 Å². The van der Waals surface area contributed by atoms with Gasteiger partial charge in [0.15, 0.2) is 6.61 Å². The maximum Gasteiger partial charge on any atom is 0.288 e. The Labute approximate surface area is 164 Å². The number of ether oxygens (including phenoxy) is 1. The number of nitro groups is 1. The first-order valence-electron chi connectivity index (χ1n) is 6.70. The average molecular weight is 492 g/mol. The number of carbonyl (C=O) groups excluding carboxylic acids is 1. The number of halogens is 3. The van der Waals surface area contributed by atoms with Crippen molar-refractivity contribution in [2.45, 2.75) is 0 Å². The van der Waals surface area contributed by atoms with Crippen LogP contribution in [0.3, 0.4) is 0 Å². The number of carbonyl (C=O) groups is 1. The number of nitrogens with zero attached hydrogens (tertiary/aromatic N) is 2. The Morgan fingerprint density at radius 2 is 2.08 bits per heavy atom. The van der Waals surface area contributed by atoms with Crippen LogP contribution in [0.4, 0.5) is 5.69 Å². The van der Waals surface area contributed by atoms with Gasteiger partial charge in [-0.2, -0.15) is 5.10 Å². The minimum atomic E-state index is -0.595. The van der Waals surface area contributed by atoms with Crippen molar-refractivity contribution in [1.29, 1.82) is 0 Å². The van der Waals surface area contributed by atoms with Crippen molar-refractivity contribution in [3.8, 4) is 5.75 Å². The number of amides is 1. The molecule has 0 fully saturated rings. The largest absolute Gasteiger partial charge is 0.483 e. The van der Waals surface area contributed by atoms with E-state index in [0.29, 0.717) is 15.8 Å². The van der Waals surface area contributed by atoms with Crippen LogP contribution in [0.25, 0.3) is 0 Å². The average Bonchev–Trinajstić information content (AvgIpc) is 2.55. The second-order valence-corrected chi connectivity index (χ2v) is 6.80. The molecule has 0 aliphatic rings. The summed E-state index contributed by atoms with van der Waals surface area (Å²) < 4.78 is 6.94. The van der Waals surface area contributed by atoms with Crippen LogP contribution in [0, 0.1) is 10.1 Å². The molecule has 0 aliphatic carbocycles. The summed E-state index contributed by atoms with van der Waals surface area (Å²) in [6.45, 7) is -0.238. The first-order chi connectivity index (χ1) is 11.9. The molecule has 0 saturated carbocycles. The van der Waals surface area contributed by atoms with Crippen molar-refractivity contribution in [1.82, 2.24) is 5.43 Å². The molecule has 0 saturated heterocycles. The quantitative estimate of drug-likeness (QED) is 0.370. The molecular weight excluding hydrogens is 481 g/mol. The molecule has 10 heteroatoms. The smallest absolute Gasteiger partial charge is 0.288 e. The molecule has 1 N–H and O–H groups in total. The van der Waals surface area contributed by atoms with Crippen LogP contribution < -0.4 is 10.2 Å². The molecule has 0 heterocycles. The van der Waals surface area contributed by atoms with Gasteiger partial charge in [-0.1, -0.05) is 33.6 Å². The van der Waals surface area contributed by atoms with E-state index in [1.54, 1.807) is 24.3 Å². The fourth-order valence-electron chi connectivity index (χ4n) is 1.70. The number of hydrogen-bond acceptors (Lipinski definition) is 5. The van der Waals surface area contributed by atoms with Gasteiger partial charge in [-0.3, -0.25) is 14.9 Å². The molecule has 0 spiro atoms. The van der Waals surface area contributed by atoms with Crippen molar-refractivity contribution in [3.05, 3.63) is 66.0 Å². The monoisotopic (exact) mass is 489 g/mol. The highest BCUT2D eigenvalue weighted by Crippen LogP contribution is 2.28. The van der Waals surface area contributed by atoms with Gasteiger partial charge in [0.05, 0.1) is 15.6 Å². The lowest BCUT2D eigenvalue weighted by molar-refractivity contribution is -0.384. The molecule has 0 radical (unpaired) electrons. The maximum atomic E-state index is 11.7. The van der Waals surface area contributed by atoms with Crippen molar-refractivity contribution in [2.24, 2.45) is 5.10 Å². The van der Waals surface area contributed by atoms with E-state index in [4.69, 9.17) is 16.3 Å². The Hall–Kier alpha value is -1.97. The SMILES string of the molecule is O=C(COc1ccc(Br)cc1Br)N/N=C/c1ccc(Cl)c([N+](=O)[O-])c1. The van der Waals surface area contributed by atoms with Crippen molar-refractivity contribution in [3.63, 3.8) is 0 Å². The fraction of sp³-hybridized carbons (Fsp3) is 0.0667. The minimum absolute atomic E-state index is 0.0275. The normalized spacial score (nSPS) is 10.7. The van der Waals surface area contributed by atoms with Crippen molar-refractivity contribution in [2.75, 3.05) is 6.61 Å². The molecule has 2 aromatic carbocycles. The predicted octanol–water partition coefficient (Wildman–Crippen LogP) is 4.30. The van der Waals surface area contributed by atoms with Crippen molar-refractivity contribution >= 4 is 61.3 Å². The second-order valence-electron chi connectivity index (χ2n) is 4.62. The maximum absolute atomic E-state index is 11.7. The zero-order valence-electron chi connectivity index (χ0n) is 12.4. The van der Waals surface area contributed by atoms with E-state index in [0.717, 1.165) is 4.47 Å². The molecule has 0 aliphatic heterocycles. The highest BCUT2D eigenvalue weighted by molar-refractivity contribution is 9.11. The molecule has 1 amide bonds. The predicted molar refractivity (Wildman–Crippen MR) is 101 cm³/mol. The van der Waals surface area contributed by atoms with Gasteiger partial charge in [0, 0.05) is 16.1 Å². The third-order valence-electron chi connectivity index (χ3n) is 2.82. The first kappa shape index (κ1) is 19.4. The molecule has 0 bridgehead atoms. The van der Waals surface area contributed by atoms with Gasteiger partial charge >= 0.3 is 0 Å². The number of hydrogen-bond donors (Lipinski definition) is 1. The van der Waals surface area contributed by atoms with Gasteiger partial charge in [0.1, 0.15) is 10.8 Å². The summed E-state index contributed by atoms with van der Waals surface area (Å²) in [5.74, 6) is 0.0326. The molecular formula is C15H10Br2ClN3O4. The van der Waals surface area contributed by atoms with Crippen LogP contribution in [0.1, 0.15) is 5.56 Å². The van der Waals surface area contributed by atoms with Crippen LogP contribution in [-0.4, -0.2) is 23.7 Å². The van der Waals surface area contributed by atoms with Crippen molar-refractivity contribution < 1.29 is 14.5 Å². The Morgan fingerprint density at radius 1 is 1.32 bits per heavy atom. The molecule has 7 nitrogen and oxygen atoms in total. The highest BCUT2D eigenvalue weighted by Gasteiger charge is 2.12. The topological polar surface area (TPSA) is 93.8 Å². The minimum Gasteiger partial charge on any atom is -0.483 e. The van der Waals surface area contributed by atoms with Gasteiger partial charge < -0.3 is 4.74 Å². The van der Waals surface area contributed by atoms with Gasteiger partial charge in [-0.05, 0) is 40.2 Å².